The first-order chi connectivity index (χ1) is 15.6. The average Bonchev–Trinajstić information content (AvgIpc) is 3.28. The minimum atomic E-state index is -0.0183. The Morgan fingerprint density at radius 2 is 1.84 bits per heavy atom. The molecule has 0 radical (unpaired) electrons. The Balaban J connectivity index is 1.33. The molecule has 4 rings (SSSR count). The van der Waals surface area contributed by atoms with Crippen molar-refractivity contribution < 1.29 is 18.8 Å². The van der Waals surface area contributed by atoms with Gasteiger partial charge in [0.15, 0.2) is 11.5 Å². The van der Waals surface area contributed by atoms with Crippen LogP contribution in [0.5, 0.6) is 11.5 Å². The van der Waals surface area contributed by atoms with E-state index in [-0.39, 0.29) is 5.91 Å². The van der Waals surface area contributed by atoms with E-state index < -0.39 is 0 Å². The number of amides is 1. The number of carbonyl (C=O) groups is 1. The first kappa shape index (κ1) is 21.4. The van der Waals surface area contributed by atoms with Gasteiger partial charge in [0.05, 0.1) is 14.2 Å². The SMILES string of the molecule is COc1ccc(/C=C\C(=O)N2CCN(c3ccc(-c4noc(C)n4)cn3)CC2)cc1OC. The van der Waals surface area contributed by atoms with E-state index in [1.165, 1.54) is 0 Å². The zero-order valence-electron chi connectivity index (χ0n) is 18.3. The van der Waals surface area contributed by atoms with Gasteiger partial charge >= 0.3 is 0 Å². The number of pyridine rings is 1. The van der Waals surface area contributed by atoms with Crippen molar-refractivity contribution in [2.75, 3.05) is 45.3 Å². The summed E-state index contributed by atoms with van der Waals surface area (Å²) in [4.78, 5) is 25.4. The molecule has 1 aliphatic heterocycles. The Kier molecular flexibility index (Phi) is 6.34. The van der Waals surface area contributed by atoms with Gasteiger partial charge < -0.3 is 23.8 Å². The number of hydrogen-bond acceptors (Lipinski definition) is 8. The van der Waals surface area contributed by atoms with E-state index in [4.69, 9.17) is 14.0 Å². The Labute approximate surface area is 186 Å². The number of rotatable bonds is 6. The monoisotopic (exact) mass is 435 g/mol. The second-order valence-electron chi connectivity index (χ2n) is 7.30. The molecule has 2 aromatic heterocycles. The molecule has 9 nitrogen and oxygen atoms in total. The van der Waals surface area contributed by atoms with Crippen LogP contribution in [-0.2, 0) is 4.79 Å². The minimum absolute atomic E-state index is 0.0183. The first-order valence-electron chi connectivity index (χ1n) is 10.3. The van der Waals surface area contributed by atoms with Crippen LogP contribution in [0.15, 0.2) is 47.1 Å². The van der Waals surface area contributed by atoms with Crippen molar-refractivity contribution in [1.29, 1.82) is 0 Å². The molecule has 1 fully saturated rings. The van der Waals surface area contributed by atoms with Gasteiger partial charge in [-0.2, -0.15) is 4.98 Å². The standard InChI is InChI=1S/C23H25N5O4/c1-16-25-23(26-32-16)18-6-8-21(24-15-18)27-10-12-28(13-11-27)22(29)9-5-17-4-7-19(30-2)20(14-17)31-3/h4-9,14-15H,10-13H2,1-3H3/b9-5-. The second-order valence-corrected chi connectivity index (χ2v) is 7.30. The summed E-state index contributed by atoms with van der Waals surface area (Å²) in [5.74, 6) is 3.17. The maximum absolute atomic E-state index is 12.6. The summed E-state index contributed by atoms with van der Waals surface area (Å²) in [7, 11) is 3.18. The van der Waals surface area contributed by atoms with Gasteiger partial charge in [-0.1, -0.05) is 11.2 Å². The molecule has 32 heavy (non-hydrogen) atoms. The van der Waals surface area contributed by atoms with Gasteiger partial charge in [-0.05, 0) is 35.9 Å². The van der Waals surface area contributed by atoms with Crippen LogP contribution in [0.4, 0.5) is 5.82 Å². The number of ether oxygens (including phenoxy) is 2. The van der Waals surface area contributed by atoms with Crippen LogP contribution in [0.1, 0.15) is 11.5 Å². The van der Waals surface area contributed by atoms with E-state index in [1.807, 2.05) is 35.2 Å². The van der Waals surface area contributed by atoms with E-state index in [1.54, 1.807) is 39.5 Å². The normalized spacial score (nSPS) is 14.1. The number of carbonyl (C=O) groups excluding carboxylic acids is 1. The predicted molar refractivity (Wildman–Crippen MR) is 120 cm³/mol. The highest BCUT2D eigenvalue weighted by molar-refractivity contribution is 5.92. The smallest absolute Gasteiger partial charge is 0.246 e. The molecule has 166 valence electrons. The van der Waals surface area contributed by atoms with Gasteiger partial charge in [-0.25, -0.2) is 4.98 Å². The van der Waals surface area contributed by atoms with E-state index in [2.05, 4.69) is 20.0 Å². The van der Waals surface area contributed by atoms with Crippen molar-refractivity contribution in [3.05, 3.63) is 54.1 Å². The molecular weight excluding hydrogens is 410 g/mol. The molecule has 3 aromatic rings. The van der Waals surface area contributed by atoms with E-state index in [0.717, 1.165) is 16.9 Å². The van der Waals surface area contributed by atoms with Crippen molar-refractivity contribution in [3.63, 3.8) is 0 Å². The summed E-state index contributed by atoms with van der Waals surface area (Å²) in [5.41, 5.74) is 1.68. The number of methoxy groups -OCH3 is 2. The summed E-state index contributed by atoms with van der Waals surface area (Å²) >= 11 is 0. The van der Waals surface area contributed by atoms with Crippen molar-refractivity contribution in [1.82, 2.24) is 20.0 Å². The lowest BCUT2D eigenvalue weighted by Gasteiger charge is -2.35. The number of aromatic nitrogens is 3. The molecule has 0 unspecified atom stereocenters. The summed E-state index contributed by atoms with van der Waals surface area (Å²) < 4.78 is 15.6. The fraction of sp³-hybridized carbons (Fsp3) is 0.304. The van der Waals surface area contributed by atoms with Gasteiger partial charge in [-0.3, -0.25) is 4.79 Å². The second kappa shape index (κ2) is 9.51. The lowest BCUT2D eigenvalue weighted by molar-refractivity contribution is -0.126. The van der Waals surface area contributed by atoms with Crippen molar-refractivity contribution in [3.8, 4) is 22.9 Å². The molecule has 9 heteroatoms. The predicted octanol–water partition coefficient (Wildman–Crippen LogP) is 2.82. The molecule has 0 aliphatic carbocycles. The highest BCUT2D eigenvalue weighted by Crippen LogP contribution is 2.28. The lowest BCUT2D eigenvalue weighted by atomic mass is 10.2. The van der Waals surface area contributed by atoms with Crippen LogP contribution < -0.4 is 14.4 Å². The summed E-state index contributed by atoms with van der Waals surface area (Å²) in [5, 5.41) is 3.91. The van der Waals surface area contributed by atoms with Crippen LogP contribution in [-0.4, -0.2) is 66.3 Å². The molecule has 0 atom stereocenters. The Bertz CT molecular complexity index is 1100. The fourth-order valence-electron chi connectivity index (χ4n) is 3.51. The lowest BCUT2D eigenvalue weighted by Crippen LogP contribution is -2.48. The number of aryl methyl sites for hydroxylation is 1. The maximum atomic E-state index is 12.6. The molecular formula is C23H25N5O4. The quantitative estimate of drug-likeness (QED) is 0.546. The number of anilines is 1. The van der Waals surface area contributed by atoms with Crippen LogP contribution in [0, 0.1) is 6.92 Å². The van der Waals surface area contributed by atoms with E-state index in [9.17, 15) is 4.79 Å². The Morgan fingerprint density at radius 3 is 2.47 bits per heavy atom. The van der Waals surface area contributed by atoms with Gasteiger partial charge in [-0.15, -0.1) is 0 Å². The summed E-state index contributed by atoms with van der Waals surface area (Å²) in [6.45, 7) is 4.43. The Hall–Kier alpha value is -3.88. The van der Waals surface area contributed by atoms with Crippen LogP contribution >= 0.6 is 0 Å². The van der Waals surface area contributed by atoms with E-state index >= 15 is 0 Å². The minimum Gasteiger partial charge on any atom is -0.493 e. The molecule has 1 amide bonds. The first-order valence-corrected chi connectivity index (χ1v) is 10.3. The van der Waals surface area contributed by atoms with Crippen molar-refractivity contribution in [2.24, 2.45) is 0 Å². The Morgan fingerprint density at radius 1 is 1.06 bits per heavy atom. The van der Waals surface area contributed by atoms with Crippen molar-refractivity contribution >= 4 is 17.8 Å². The molecule has 1 aliphatic rings. The third kappa shape index (κ3) is 4.72. The zero-order chi connectivity index (χ0) is 22.5. The van der Waals surface area contributed by atoms with Crippen molar-refractivity contribution in [2.45, 2.75) is 6.92 Å². The van der Waals surface area contributed by atoms with Gasteiger partial charge in [0.25, 0.3) is 0 Å². The highest BCUT2D eigenvalue weighted by atomic mass is 16.5. The molecule has 1 saturated heterocycles. The highest BCUT2D eigenvalue weighted by Gasteiger charge is 2.21. The van der Waals surface area contributed by atoms with Gasteiger partial charge in [0.2, 0.25) is 17.6 Å². The molecule has 0 saturated carbocycles. The molecule has 0 N–H and O–H groups in total. The third-order valence-electron chi connectivity index (χ3n) is 5.27. The summed E-state index contributed by atoms with van der Waals surface area (Å²) in [6, 6.07) is 9.41. The number of hydrogen-bond donors (Lipinski definition) is 0. The number of benzene rings is 1. The van der Waals surface area contributed by atoms with E-state index in [0.29, 0.717) is 49.4 Å². The van der Waals surface area contributed by atoms with Gasteiger partial charge in [0, 0.05) is 50.9 Å². The zero-order valence-corrected chi connectivity index (χ0v) is 18.3. The largest absolute Gasteiger partial charge is 0.493 e. The van der Waals surface area contributed by atoms with Gasteiger partial charge in [0.1, 0.15) is 5.82 Å². The van der Waals surface area contributed by atoms with Crippen LogP contribution in [0.2, 0.25) is 0 Å². The summed E-state index contributed by atoms with van der Waals surface area (Å²) in [6.07, 6.45) is 5.12. The van der Waals surface area contributed by atoms with Crippen LogP contribution in [0.3, 0.4) is 0 Å². The average molecular weight is 435 g/mol. The molecule has 1 aromatic carbocycles. The number of nitrogens with zero attached hydrogens (tertiary/aromatic N) is 5. The molecule has 0 spiro atoms. The fourth-order valence-corrected chi connectivity index (χ4v) is 3.51. The molecule has 0 bridgehead atoms. The van der Waals surface area contributed by atoms with Crippen LogP contribution in [0.25, 0.3) is 17.5 Å². The number of piperazine rings is 1. The topological polar surface area (TPSA) is 93.8 Å². The maximum Gasteiger partial charge on any atom is 0.246 e. The molecule has 3 heterocycles. The third-order valence-corrected chi connectivity index (χ3v) is 5.27.